The summed E-state index contributed by atoms with van der Waals surface area (Å²) in [4.78, 5) is 12.9. The number of anilines is 3. The zero-order valence-corrected chi connectivity index (χ0v) is 36.4. The fraction of sp³-hybridized carbons (Fsp3) is 0.0820. The molecule has 4 nitrogen and oxygen atoms in total. The van der Waals surface area contributed by atoms with Crippen LogP contribution >= 0.6 is 0 Å². The van der Waals surface area contributed by atoms with Gasteiger partial charge in [-0.15, -0.1) is 0 Å². The second-order valence-corrected chi connectivity index (χ2v) is 17.8. The van der Waals surface area contributed by atoms with E-state index in [4.69, 9.17) is 9.97 Å². The molecule has 3 heterocycles. The molecule has 0 fully saturated rings. The van der Waals surface area contributed by atoms with E-state index in [0.29, 0.717) is 0 Å². The van der Waals surface area contributed by atoms with Crippen LogP contribution in [0.5, 0.6) is 0 Å². The topological polar surface area (TPSA) is 34.0 Å². The molecule has 0 spiro atoms. The summed E-state index contributed by atoms with van der Waals surface area (Å²) in [7, 11) is 0. The summed E-state index contributed by atoms with van der Waals surface area (Å²) < 4.78 is 2.46. The van der Waals surface area contributed by atoms with Crippen LogP contribution in [0.1, 0.15) is 54.3 Å². The van der Waals surface area contributed by atoms with Crippen LogP contribution in [0.2, 0.25) is 0 Å². The molecule has 4 heteroatoms. The molecule has 0 radical (unpaired) electrons. The third-order valence-electron chi connectivity index (χ3n) is 13.5. The molecule has 2 aliphatic rings. The fourth-order valence-electron chi connectivity index (χ4n) is 10.3. The van der Waals surface area contributed by atoms with Gasteiger partial charge in [-0.25, -0.2) is 9.97 Å². The largest absolute Gasteiger partial charge is 0.310 e. The molecule has 310 valence electrons. The van der Waals surface area contributed by atoms with Crippen molar-refractivity contribution in [3.63, 3.8) is 0 Å². The lowest BCUT2D eigenvalue weighted by atomic mass is 9.73. The Morgan fingerprint density at radius 3 is 2.14 bits per heavy atom. The molecule has 0 saturated heterocycles. The molecular weight excluding hydrogens is 789 g/mol. The van der Waals surface area contributed by atoms with E-state index < -0.39 is 0 Å². The van der Waals surface area contributed by atoms with E-state index in [0.717, 1.165) is 46.0 Å². The first kappa shape index (κ1) is 38.6. The first-order valence-electron chi connectivity index (χ1n) is 22.6. The quantitative estimate of drug-likeness (QED) is 0.160. The molecule has 65 heavy (non-hydrogen) atoms. The number of hydrogen-bond donors (Lipinski definition) is 0. The normalized spacial score (nSPS) is 15.4. The van der Waals surface area contributed by atoms with Crippen molar-refractivity contribution in [3.05, 3.63) is 241 Å². The number of fused-ring (bicyclic) bond motifs is 7. The van der Waals surface area contributed by atoms with Gasteiger partial charge in [0.15, 0.2) is 0 Å². The Kier molecular flexibility index (Phi) is 9.27. The summed E-state index contributed by atoms with van der Waals surface area (Å²) in [5, 5.41) is 4.97. The van der Waals surface area contributed by atoms with Gasteiger partial charge in [0, 0.05) is 50.8 Å². The third-order valence-corrected chi connectivity index (χ3v) is 13.5. The van der Waals surface area contributed by atoms with Crippen molar-refractivity contribution in [3.8, 4) is 22.4 Å². The van der Waals surface area contributed by atoms with Crippen LogP contribution in [-0.4, -0.2) is 14.5 Å². The van der Waals surface area contributed by atoms with Gasteiger partial charge < -0.3 is 9.47 Å². The van der Waals surface area contributed by atoms with Crippen LogP contribution in [0.3, 0.4) is 0 Å². The highest BCUT2D eigenvalue weighted by Crippen LogP contribution is 2.53. The predicted octanol–water partition coefficient (Wildman–Crippen LogP) is 15.9. The van der Waals surface area contributed by atoms with Crippen molar-refractivity contribution in [2.45, 2.75) is 31.6 Å². The number of allylic oxidation sites excluding steroid dienone is 4. The van der Waals surface area contributed by atoms with Crippen molar-refractivity contribution in [2.75, 3.05) is 4.90 Å². The third kappa shape index (κ3) is 6.60. The van der Waals surface area contributed by atoms with Gasteiger partial charge in [0.25, 0.3) is 0 Å². The number of benzene rings is 8. The molecule has 10 aromatic rings. The number of aromatic nitrogens is 3. The van der Waals surface area contributed by atoms with Gasteiger partial charge in [-0.1, -0.05) is 184 Å². The fourth-order valence-corrected chi connectivity index (χ4v) is 10.3. The number of para-hydroxylation sites is 2. The summed E-state index contributed by atoms with van der Waals surface area (Å²) in [6, 6.07) is 67.9. The van der Waals surface area contributed by atoms with Crippen LogP contribution in [0, 0.1) is 0 Å². The van der Waals surface area contributed by atoms with Crippen LogP contribution in [0.4, 0.5) is 17.1 Å². The highest BCUT2D eigenvalue weighted by Gasteiger charge is 2.37. The summed E-state index contributed by atoms with van der Waals surface area (Å²) >= 11 is 0. The van der Waals surface area contributed by atoms with E-state index in [1.807, 2.05) is 12.3 Å². The smallest absolute Gasteiger partial charge is 0.136 e. The minimum atomic E-state index is -0.172. The molecular formula is C61H46N4. The van der Waals surface area contributed by atoms with Crippen molar-refractivity contribution < 1.29 is 0 Å². The Morgan fingerprint density at radius 1 is 0.585 bits per heavy atom. The SMILES string of the molecule is CC1(C)c2ccccc2N(c2ccccc2)c2cc(-c3ccc4c5c6ccccc6ccc5n(C5=CC(c6ncc(/C=C\c7ccccc7)c(-c7ccccc7)n6)CC=C5)c4c3)ccc21. The molecule has 0 N–H and O–H groups in total. The van der Waals surface area contributed by atoms with Gasteiger partial charge in [0.1, 0.15) is 5.82 Å². The maximum Gasteiger partial charge on any atom is 0.136 e. The van der Waals surface area contributed by atoms with Gasteiger partial charge >= 0.3 is 0 Å². The van der Waals surface area contributed by atoms with Crippen molar-refractivity contribution >= 4 is 67.5 Å². The summed E-state index contributed by atoms with van der Waals surface area (Å²) in [6.45, 7) is 4.70. The molecule has 0 saturated carbocycles. The van der Waals surface area contributed by atoms with Crippen molar-refractivity contribution in [2.24, 2.45) is 0 Å². The van der Waals surface area contributed by atoms with Crippen LogP contribution in [0.15, 0.2) is 212 Å². The minimum Gasteiger partial charge on any atom is -0.310 e. The Labute approximate surface area is 379 Å². The Hall–Kier alpha value is -8.08. The van der Waals surface area contributed by atoms with Crippen LogP contribution in [-0.2, 0) is 5.41 Å². The second kappa shape index (κ2) is 15.6. The minimum absolute atomic E-state index is 0.0170. The van der Waals surface area contributed by atoms with E-state index >= 15 is 0 Å². The van der Waals surface area contributed by atoms with Crippen LogP contribution < -0.4 is 4.90 Å². The molecule has 8 aromatic carbocycles. The highest BCUT2D eigenvalue weighted by molar-refractivity contribution is 6.22. The van der Waals surface area contributed by atoms with Gasteiger partial charge in [0.05, 0.1) is 28.1 Å². The predicted molar refractivity (Wildman–Crippen MR) is 273 cm³/mol. The number of rotatable bonds is 7. The second-order valence-electron chi connectivity index (χ2n) is 17.8. The van der Waals surface area contributed by atoms with E-state index in [-0.39, 0.29) is 11.3 Å². The van der Waals surface area contributed by atoms with E-state index in [9.17, 15) is 0 Å². The first-order valence-corrected chi connectivity index (χ1v) is 22.6. The average Bonchev–Trinajstić information content (AvgIpc) is 3.71. The van der Waals surface area contributed by atoms with E-state index in [1.165, 1.54) is 66.2 Å². The Balaban J connectivity index is 1.01. The average molecular weight is 835 g/mol. The Morgan fingerprint density at radius 2 is 1.29 bits per heavy atom. The lowest BCUT2D eigenvalue weighted by Gasteiger charge is -2.42. The maximum atomic E-state index is 5.35. The van der Waals surface area contributed by atoms with Crippen LogP contribution in [0.25, 0.3) is 72.8 Å². The number of hydrogen-bond acceptors (Lipinski definition) is 3. The number of nitrogens with zero attached hydrogens (tertiary/aromatic N) is 4. The lowest BCUT2D eigenvalue weighted by molar-refractivity contribution is 0.632. The molecule has 1 unspecified atom stereocenters. The maximum absolute atomic E-state index is 5.35. The van der Waals surface area contributed by atoms with Gasteiger partial charge in [0.2, 0.25) is 0 Å². The summed E-state index contributed by atoms with van der Waals surface area (Å²) in [6.07, 6.45) is 14.0. The molecule has 1 aliphatic heterocycles. The van der Waals surface area contributed by atoms with Gasteiger partial charge in [-0.05, 0) is 93.6 Å². The van der Waals surface area contributed by atoms with Gasteiger partial charge in [-0.2, -0.15) is 0 Å². The monoisotopic (exact) mass is 834 g/mol. The molecule has 2 aromatic heterocycles. The summed E-state index contributed by atoms with van der Waals surface area (Å²) in [5.74, 6) is 0.799. The first-order chi connectivity index (χ1) is 32.0. The van der Waals surface area contributed by atoms with E-state index in [2.05, 4.69) is 236 Å². The molecule has 1 atom stereocenters. The van der Waals surface area contributed by atoms with Crippen molar-refractivity contribution in [1.82, 2.24) is 14.5 Å². The lowest BCUT2D eigenvalue weighted by Crippen LogP contribution is -2.30. The molecule has 0 bridgehead atoms. The van der Waals surface area contributed by atoms with Gasteiger partial charge in [-0.3, -0.25) is 0 Å². The van der Waals surface area contributed by atoms with Crippen molar-refractivity contribution in [1.29, 1.82) is 0 Å². The zero-order valence-electron chi connectivity index (χ0n) is 36.4. The summed E-state index contributed by atoms with van der Waals surface area (Å²) in [5.41, 5.74) is 16.0. The molecule has 12 rings (SSSR count). The zero-order chi connectivity index (χ0) is 43.5. The van der Waals surface area contributed by atoms with E-state index in [1.54, 1.807) is 0 Å². The standard InChI is InChI=1S/C61H46N4/c1-61(2)52-27-14-15-28-54(52)64(48-23-10-5-11-24-48)57-39-45(32-35-53(57)61)44-31-34-51-56(38-44)65(55-36-33-42-19-12-13-26-50(42)58(51)55)49-25-16-22-46(37-49)60-62-40-47(30-29-41-17-6-3-7-18-41)59(63-60)43-20-8-4-9-21-43/h3-21,23-40,46H,22H2,1-2H3/b30-29-. The Bertz CT molecular complexity index is 3540. The highest BCUT2D eigenvalue weighted by atomic mass is 15.2. The molecule has 0 amide bonds. The molecule has 1 aliphatic carbocycles.